The standard InChI is InChI=1S/C20H19N3OS/c24-20(23-10-12-25-13-11-23)19-14-18(21-15-6-2-1-3-7-15)16-8-4-5-9-17(16)22-19/h1-9,14H,10-13H2,(H,21,22). The molecule has 0 unspecified atom stereocenters. The SMILES string of the molecule is O=C(c1cc(Nc2ccccc2)c2ccccc2n1)N1CCSCC1. The molecule has 1 N–H and O–H groups in total. The molecule has 1 aliphatic rings. The molecule has 2 aromatic carbocycles. The molecule has 0 spiro atoms. The van der Waals surface area contributed by atoms with E-state index in [4.69, 9.17) is 0 Å². The summed E-state index contributed by atoms with van der Waals surface area (Å²) in [6.07, 6.45) is 0. The highest BCUT2D eigenvalue weighted by molar-refractivity contribution is 7.99. The van der Waals surface area contributed by atoms with E-state index in [1.165, 1.54) is 0 Å². The van der Waals surface area contributed by atoms with Crippen LogP contribution >= 0.6 is 11.8 Å². The second-order valence-corrected chi connectivity index (χ2v) is 7.19. The zero-order valence-corrected chi connectivity index (χ0v) is 14.6. The number of benzene rings is 2. The Morgan fingerprint density at radius 1 is 1.00 bits per heavy atom. The number of para-hydroxylation sites is 2. The molecule has 0 bridgehead atoms. The molecule has 0 radical (unpaired) electrons. The molecule has 1 aliphatic heterocycles. The summed E-state index contributed by atoms with van der Waals surface area (Å²) in [5.74, 6) is 2.00. The third kappa shape index (κ3) is 3.46. The summed E-state index contributed by atoms with van der Waals surface area (Å²) in [7, 11) is 0. The van der Waals surface area contributed by atoms with Gasteiger partial charge < -0.3 is 10.2 Å². The average Bonchev–Trinajstić information content (AvgIpc) is 2.69. The van der Waals surface area contributed by atoms with Crippen LogP contribution in [-0.2, 0) is 0 Å². The third-order valence-corrected chi connectivity index (χ3v) is 5.23. The fourth-order valence-electron chi connectivity index (χ4n) is 2.99. The number of hydrogen-bond donors (Lipinski definition) is 1. The molecular weight excluding hydrogens is 330 g/mol. The fraction of sp³-hybridized carbons (Fsp3) is 0.200. The van der Waals surface area contributed by atoms with Crippen molar-refractivity contribution in [1.29, 1.82) is 0 Å². The molecule has 2 heterocycles. The number of thioether (sulfide) groups is 1. The first-order valence-corrected chi connectivity index (χ1v) is 9.55. The van der Waals surface area contributed by atoms with Crippen molar-refractivity contribution >= 4 is 39.9 Å². The Labute approximate surface area is 151 Å². The Morgan fingerprint density at radius 2 is 1.72 bits per heavy atom. The van der Waals surface area contributed by atoms with E-state index >= 15 is 0 Å². The number of nitrogens with one attached hydrogen (secondary N) is 1. The van der Waals surface area contributed by atoms with Crippen LogP contribution in [0.2, 0.25) is 0 Å². The van der Waals surface area contributed by atoms with Crippen LogP contribution in [0, 0.1) is 0 Å². The first kappa shape index (κ1) is 16.0. The highest BCUT2D eigenvalue weighted by Crippen LogP contribution is 2.27. The Bertz CT molecular complexity index is 892. The van der Waals surface area contributed by atoms with Gasteiger partial charge in [0.05, 0.1) is 11.2 Å². The number of fused-ring (bicyclic) bond motifs is 1. The van der Waals surface area contributed by atoms with Crippen LogP contribution in [0.15, 0.2) is 60.7 Å². The van der Waals surface area contributed by atoms with Gasteiger partial charge in [-0.3, -0.25) is 4.79 Å². The third-order valence-electron chi connectivity index (χ3n) is 4.29. The average molecular weight is 349 g/mol. The van der Waals surface area contributed by atoms with Crippen LogP contribution in [0.4, 0.5) is 11.4 Å². The van der Waals surface area contributed by atoms with Crippen LogP contribution in [0.1, 0.15) is 10.5 Å². The molecule has 0 atom stereocenters. The van der Waals surface area contributed by atoms with Crippen LogP contribution in [-0.4, -0.2) is 40.4 Å². The van der Waals surface area contributed by atoms with Crippen molar-refractivity contribution in [3.05, 3.63) is 66.4 Å². The van der Waals surface area contributed by atoms with Crippen LogP contribution in [0.5, 0.6) is 0 Å². The van der Waals surface area contributed by atoms with E-state index < -0.39 is 0 Å². The number of carbonyl (C=O) groups excluding carboxylic acids is 1. The number of aromatic nitrogens is 1. The molecule has 1 amide bonds. The molecule has 5 heteroatoms. The van der Waals surface area contributed by atoms with E-state index in [2.05, 4.69) is 10.3 Å². The summed E-state index contributed by atoms with van der Waals surface area (Å²) >= 11 is 1.89. The lowest BCUT2D eigenvalue weighted by molar-refractivity contribution is 0.0767. The van der Waals surface area contributed by atoms with E-state index in [9.17, 15) is 4.79 Å². The number of anilines is 2. The molecule has 3 aromatic rings. The van der Waals surface area contributed by atoms with Crippen molar-refractivity contribution in [2.24, 2.45) is 0 Å². The molecule has 25 heavy (non-hydrogen) atoms. The van der Waals surface area contributed by atoms with E-state index in [1.54, 1.807) is 0 Å². The monoisotopic (exact) mass is 349 g/mol. The van der Waals surface area contributed by atoms with Gasteiger partial charge in [-0.05, 0) is 24.3 Å². The molecule has 1 fully saturated rings. The maximum atomic E-state index is 12.9. The minimum absolute atomic E-state index is 0.0159. The van der Waals surface area contributed by atoms with Crippen molar-refractivity contribution in [3.8, 4) is 0 Å². The van der Waals surface area contributed by atoms with Gasteiger partial charge in [0.1, 0.15) is 5.69 Å². The zero-order valence-electron chi connectivity index (χ0n) is 13.8. The van der Waals surface area contributed by atoms with Gasteiger partial charge in [0.2, 0.25) is 0 Å². The van der Waals surface area contributed by atoms with Crippen molar-refractivity contribution in [3.63, 3.8) is 0 Å². The van der Waals surface area contributed by atoms with Gasteiger partial charge in [-0.25, -0.2) is 4.98 Å². The number of hydrogen-bond acceptors (Lipinski definition) is 4. The summed E-state index contributed by atoms with van der Waals surface area (Å²) in [4.78, 5) is 19.4. The lowest BCUT2D eigenvalue weighted by Gasteiger charge is -2.26. The predicted octanol–water partition coefficient (Wildman–Crippen LogP) is 4.17. The highest BCUT2D eigenvalue weighted by atomic mass is 32.2. The van der Waals surface area contributed by atoms with Gasteiger partial charge in [0, 0.05) is 35.7 Å². The van der Waals surface area contributed by atoms with Crippen molar-refractivity contribution in [2.75, 3.05) is 29.9 Å². The lowest BCUT2D eigenvalue weighted by Crippen LogP contribution is -2.38. The van der Waals surface area contributed by atoms with Gasteiger partial charge in [0.15, 0.2) is 0 Å². The number of carbonyl (C=O) groups is 1. The van der Waals surface area contributed by atoms with Gasteiger partial charge in [-0.1, -0.05) is 36.4 Å². The van der Waals surface area contributed by atoms with Crippen LogP contribution in [0.3, 0.4) is 0 Å². The summed E-state index contributed by atoms with van der Waals surface area (Å²) in [5, 5.41) is 4.44. The normalized spacial score (nSPS) is 14.5. The smallest absolute Gasteiger partial charge is 0.272 e. The number of pyridine rings is 1. The maximum absolute atomic E-state index is 12.9. The van der Waals surface area contributed by atoms with Gasteiger partial charge in [0.25, 0.3) is 5.91 Å². The number of amides is 1. The summed E-state index contributed by atoms with van der Waals surface area (Å²) in [5.41, 5.74) is 3.24. The lowest BCUT2D eigenvalue weighted by atomic mass is 10.1. The maximum Gasteiger partial charge on any atom is 0.272 e. The minimum atomic E-state index is 0.0159. The predicted molar refractivity (Wildman–Crippen MR) is 105 cm³/mol. The topological polar surface area (TPSA) is 45.2 Å². The van der Waals surface area contributed by atoms with E-state index in [0.717, 1.165) is 46.9 Å². The van der Waals surface area contributed by atoms with Gasteiger partial charge in [-0.2, -0.15) is 11.8 Å². The zero-order chi connectivity index (χ0) is 17.1. The molecule has 0 saturated carbocycles. The molecule has 1 saturated heterocycles. The first-order valence-electron chi connectivity index (χ1n) is 8.40. The van der Waals surface area contributed by atoms with Crippen molar-refractivity contribution in [1.82, 2.24) is 9.88 Å². The van der Waals surface area contributed by atoms with Gasteiger partial charge >= 0.3 is 0 Å². The number of rotatable bonds is 3. The molecule has 1 aromatic heterocycles. The molecular formula is C20H19N3OS. The van der Waals surface area contributed by atoms with Crippen LogP contribution in [0.25, 0.3) is 10.9 Å². The minimum Gasteiger partial charge on any atom is -0.355 e. The Morgan fingerprint density at radius 3 is 2.52 bits per heavy atom. The second-order valence-electron chi connectivity index (χ2n) is 5.97. The summed E-state index contributed by atoms with van der Waals surface area (Å²) in [6.45, 7) is 1.58. The second kappa shape index (κ2) is 7.15. The Hall–Kier alpha value is -2.53. The van der Waals surface area contributed by atoms with E-state index in [1.807, 2.05) is 77.3 Å². The van der Waals surface area contributed by atoms with Crippen molar-refractivity contribution < 1.29 is 4.79 Å². The van der Waals surface area contributed by atoms with Crippen molar-refractivity contribution in [2.45, 2.75) is 0 Å². The molecule has 4 nitrogen and oxygen atoms in total. The van der Waals surface area contributed by atoms with Gasteiger partial charge in [-0.15, -0.1) is 0 Å². The van der Waals surface area contributed by atoms with E-state index in [-0.39, 0.29) is 5.91 Å². The molecule has 126 valence electrons. The molecule has 0 aliphatic carbocycles. The Kier molecular flexibility index (Phi) is 4.57. The Balaban J connectivity index is 1.74. The summed E-state index contributed by atoms with van der Waals surface area (Å²) in [6, 6.07) is 19.8. The fourth-order valence-corrected chi connectivity index (χ4v) is 3.90. The summed E-state index contributed by atoms with van der Waals surface area (Å²) < 4.78 is 0. The number of nitrogens with zero attached hydrogens (tertiary/aromatic N) is 2. The largest absolute Gasteiger partial charge is 0.355 e. The van der Waals surface area contributed by atoms with E-state index in [0.29, 0.717) is 5.69 Å². The van der Waals surface area contributed by atoms with Crippen LogP contribution < -0.4 is 5.32 Å². The highest BCUT2D eigenvalue weighted by Gasteiger charge is 2.21. The molecule has 4 rings (SSSR count). The first-order chi connectivity index (χ1) is 12.3. The quantitative estimate of drug-likeness (QED) is 0.771.